The summed E-state index contributed by atoms with van der Waals surface area (Å²) in [4.78, 5) is 3.50. The zero-order valence-corrected chi connectivity index (χ0v) is 18.4. The van der Waals surface area contributed by atoms with Crippen LogP contribution in [0.25, 0.3) is 15.7 Å². The van der Waals surface area contributed by atoms with E-state index in [2.05, 4.69) is 20.8 Å². The summed E-state index contributed by atoms with van der Waals surface area (Å²) in [6.45, 7) is 8.97. The SMILES string of the molecule is [C-]#[N+]c1ccc(C(O)c2cc3cc(Br)ccc3n2S(=O)(=O)c2ccc(C)cc2)cc1. The summed E-state index contributed by atoms with van der Waals surface area (Å²) in [5.74, 6) is 0. The number of hydrogen-bond donors (Lipinski definition) is 1. The van der Waals surface area contributed by atoms with Gasteiger partial charge in [0.1, 0.15) is 6.10 Å². The van der Waals surface area contributed by atoms with Gasteiger partial charge in [0.15, 0.2) is 5.69 Å². The second-order valence-electron chi connectivity index (χ2n) is 6.96. The van der Waals surface area contributed by atoms with Gasteiger partial charge >= 0.3 is 0 Å². The van der Waals surface area contributed by atoms with Crippen LogP contribution in [0.3, 0.4) is 0 Å². The molecule has 0 aliphatic carbocycles. The zero-order chi connectivity index (χ0) is 21.5. The molecule has 0 bridgehead atoms. The minimum Gasteiger partial charge on any atom is -0.382 e. The molecule has 0 fully saturated rings. The highest BCUT2D eigenvalue weighted by Gasteiger charge is 2.27. The Morgan fingerprint density at radius 3 is 2.30 bits per heavy atom. The third-order valence-electron chi connectivity index (χ3n) is 4.92. The van der Waals surface area contributed by atoms with Crippen molar-refractivity contribution in [1.29, 1.82) is 0 Å². The summed E-state index contributed by atoms with van der Waals surface area (Å²) >= 11 is 3.42. The van der Waals surface area contributed by atoms with E-state index in [0.717, 1.165) is 10.0 Å². The number of hydrogen-bond acceptors (Lipinski definition) is 3. The van der Waals surface area contributed by atoms with E-state index in [1.165, 1.54) is 3.97 Å². The van der Waals surface area contributed by atoms with Crippen LogP contribution < -0.4 is 0 Å². The number of aryl methyl sites for hydroxylation is 1. The Morgan fingerprint density at radius 2 is 1.67 bits per heavy atom. The van der Waals surface area contributed by atoms with Gasteiger partial charge in [-0.3, -0.25) is 0 Å². The van der Waals surface area contributed by atoms with Crippen molar-refractivity contribution in [3.63, 3.8) is 0 Å². The Hall–Kier alpha value is -2.92. The summed E-state index contributed by atoms with van der Waals surface area (Å²) in [5.41, 5.74) is 2.62. The van der Waals surface area contributed by atoms with Crippen LogP contribution in [0.1, 0.15) is 22.9 Å². The van der Waals surface area contributed by atoms with Gasteiger partial charge in [0.2, 0.25) is 0 Å². The molecule has 4 rings (SSSR count). The molecule has 1 aromatic heterocycles. The first kappa shape index (κ1) is 20.4. The van der Waals surface area contributed by atoms with Crippen molar-refractivity contribution < 1.29 is 13.5 Å². The third-order valence-corrected chi connectivity index (χ3v) is 7.17. The highest BCUT2D eigenvalue weighted by Crippen LogP contribution is 2.34. The van der Waals surface area contributed by atoms with E-state index in [1.807, 2.05) is 13.0 Å². The van der Waals surface area contributed by atoms with Gasteiger partial charge in [0.25, 0.3) is 10.0 Å². The predicted molar refractivity (Wildman–Crippen MR) is 120 cm³/mol. The van der Waals surface area contributed by atoms with Crippen molar-refractivity contribution in [2.75, 3.05) is 0 Å². The standard InChI is InChI=1S/C23H17BrN2O3S/c1-15-3-10-20(11-4-15)30(28,29)26-21-12-7-18(24)13-17(21)14-22(26)23(27)16-5-8-19(25-2)9-6-16/h3-14,23,27H,1H3. The maximum atomic E-state index is 13.6. The maximum Gasteiger partial charge on any atom is 0.268 e. The van der Waals surface area contributed by atoms with Crippen LogP contribution in [0, 0.1) is 13.5 Å². The average Bonchev–Trinajstić information content (AvgIpc) is 3.13. The molecule has 1 N–H and O–H groups in total. The number of benzene rings is 3. The van der Waals surface area contributed by atoms with Gasteiger partial charge in [-0.2, -0.15) is 0 Å². The molecule has 1 atom stereocenters. The van der Waals surface area contributed by atoms with Gasteiger partial charge in [-0.05, 0) is 48.9 Å². The van der Waals surface area contributed by atoms with Crippen LogP contribution in [-0.4, -0.2) is 17.5 Å². The lowest BCUT2D eigenvalue weighted by Crippen LogP contribution is -2.18. The monoisotopic (exact) mass is 480 g/mol. The summed E-state index contributed by atoms with van der Waals surface area (Å²) in [5, 5.41) is 11.8. The normalized spacial score (nSPS) is 12.6. The summed E-state index contributed by atoms with van der Waals surface area (Å²) < 4.78 is 29.1. The quantitative estimate of drug-likeness (QED) is 0.387. The minimum atomic E-state index is -3.96. The first-order valence-electron chi connectivity index (χ1n) is 9.10. The van der Waals surface area contributed by atoms with Gasteiger partial charge in [0, 0.05) is 9.86 Å². The number of rotatable bonds is 4. The highest BCUT2D eigenvalue weighted by atomic mass is 79.9. The molecular weight excluding hydrogens is 464 g/mol. The summed E-state index contributed by atoms with van der Waals surface area (Å²) in [7, 11) is -3.96. The molecule has 5 nitrogen and oxygen atoms in total. The molecule has 0 saturated carbocycles. The smallest absolute Gasteiger partial charge is 0.268 e. The number of fused-ring (bicyclic) bond motifs is 1. The highest BCUT2D eigenvalue weighted by molar-refractivity contribution is 9.10. The van der Waals surface area contributed by atoms with E-state index < -0.39 is 16.1 Å². The Labute approximate surface area is 183 Å². The average molecular weight is 481 g/mol. The van der Waals surface area contributed by atoms with Gasteiger partial charge in [-0.25, -0.2) is 17.2 Å². The molecule has 0 amide bonds. The van der Waals surface area contributed by atoms with Gasteiger partial charge < -0.3 is 5.11 Å². The maximum absolute atomic E-state index is 13.6. The zero-order valence-electron chi connectivity index (χ0n) is 15.9. The summed E-state index contributed by atoms with van der Waals surface area (Å²) in [6.07, 6.45) is -1.18. The second kappa shape index (κ2) is 7.73. The van der Waals surface area contributed by atoms with Crippen LogP contribution in [0.2, 0.25) is 0 Å². The Balaban J connectivity index is 1.95. The number of aliphatic hydroxyl groups is 1. The molecule has 1 heterocycles. The second-order valence-corrected chi connectivity index (χ2v) is 9.66. The molecule has 0 aliphatic rings. The molecule has 3 aromatic carbocycles. The minimum absolute atomic E-state index is 0.144. The molecular formula is C23H17BrN2O3S. The van der Waals surface area contributed by atoms with E-state index in [0.29, 0.717) is 22.2 Å². The molecule has 0 saturated heterocycles. The Morgan fingerprint density at radius 1 is 1.00 bits per heavy atom. The molecule has 150 valence electrons. The molecule has 1 unspecified atom stereocenters. The number of halogens is 1. The van der Waals surface area contributed by atoms with Gasteiger partial charge in [-0.15, -0.1) is 0 Å². The van der Waals surface area contributed by atoms with E-state index in [1.54, 1.807) is 66.7 Å². The van der Waals surface area contributed by atoms with Crippen LogP contribution in [-0.2, 0) is 10.0 Å². The lowest BCUT2D eigenvalue weighted by molar-refractivity contribution is 0.214. The molecule has 7 heteroatoms. The van der Waals surface area contributed by atoms with Crippen LogP contribution in [0.4, 0.5) is 5.69 Å². The molecule has 0 radical (unpaired) electrons. The topological polar surface area (TPSA) is 63.7 Å². The number of aliphatic hydroxyl groups excluding tert-OH is 1. The fourth-order valence-electron chi connectivity index (χ4n) is 3.36. The van der Waals surface area contributed by atoms with Crippen molar-refractivity contribution in [3.05, 3.63) is 106 Å². The fourth-order valence-corrected chi connectivity index (χ4v) is 5.28. The van der Waals surface area contributed by atoms with E-state index in [4.69, 9.17) is 6.57 Å². The Kier molecular flexibility index (Phi) is 5.24. The first-order chi connectivity index (χ1) is 14.3. The van der Waals surface area contributed by atoms with Crippen LogP contribution in [0.5, 0.6) is 0 Å². The fraction of sp³-hybridized carbons (Fsp3) is 0.0870. The molecule has 30 heavy (non-hydrogen) atoms. The largest absolute Gasteiger partial charge is 0.382 e. The number of nitrogens with zero attached hydrogens (tertiary/aromatic N) is 2. The van der Waals surface area contributed by atoms with Gasteiger partial charge in [-0.1, -0.05) is 57.9 Å². The van der Waals surface area contributed by atoms with Crippen LogP contribution >= 0.6 is 15.9 Å². The summed E-state index contributed by atoms with van der Waals surface area (Å²) in [6, 6.07) is 20.1. The van der Waals surface area contributed by atoms with Gasteiger partial charge in [0.05, 0.1) is 22.7 Å². The lowest BCUT2D eigenvalue weighted by Gasteiger charge is -2.17. The third kappa shape index (κ3) is 3.54. The predicted octanol–water partition coefficient (Wildman–Crippen LogP) is 5.58. The molecule has 0 aliphatic heterocycles. The Bertz CT molecular complexity index is 1380. The molecule has 4 aromatic rings. The van der Waals surface area contributed by atoms with Crippen molar-refractivity contribution in [3.8, 4) is 0 Å². The molecule has 0 spiro atoms. The van der Waals surface area contributed by atoms with Crippen molar-refractivity contribution in [2.45, 2.75) is 17.9 Å². The van der Waals surface area contributed by atoms with E-state index in [9.17, 15) is 13.5 Å². The first-order valence-corrected chi connectivity index (χ1v) is 11.3. The lowest BCUT2D eigenvalue weighted by atomic mass is 10.1. The van der Waals surface area contributed by atoms with Crippen LogP contribution in [0.15, 0.2) is 82.2 Å². The van der Waals surface area contributed by atoms with Crippen molar-refractivity contribution in [1.82, 2.24) is 3.97 Å². The van der Waals surface area contributed by atoms with E-state index in [-0.39, 0.29) is 10.6 Å². The van der Waals surface area contributed by atoms with Crippen molar-refractivity contribution in [2.24, 2.45) is 0 Å². The number of aromatic nitrogens is 1. The van der Waals surface area contributed by atoms with Crippen molar-refractivity contribution >= 4 is 42.5 Å². The van der Waals surface area contributed by atoms with E-state index >= 15 is 0 Å².